The van der Waals surface area contributed by atoms with E-state index in [1.807, 2.05) is 42.5 Å². The van der Waals surface area contributed by atoms with Gasteiger partial charge in [-0.1, -0.05) is 12.1 Å². The van der Waals surface area contributed by atoms with Crippen molar-refractivity contribution in [3.05, 3.63) is 64.7 Å². The van der Waals surface area contributed by atoms with Crippen molar-refractivity contribution in [2.75, 3.05) is 13.2 Å². The van der Waals surface area contributed by atoms with Gasteiger partial charge < -0.3 is 10.1 Å². The first-order valence-electron chi connectivity index (χ1n) is 9.29. The molecule has 0 spiro atoms. The highest BCUT2D eigenvalue weighted by atomic mass is 16.5. The number of rotatable bonds is 7. The average Bonchev–Trinajstić information content (AvgIpc) is 3.42. The lowest BCUT2D eigenvalue weighted by atomic mass is 10.1. The second-order valence-electron chi connectivity index (χ2n) is 7.41. The van der Waals surface area contributed by atoms with Gasteiger partial charge in [-0.15, -0.1) is 0 Å². The van der Waals surface area contributed by atoms with Crippen molar-refractivity contribution in [2.24, 2.45) is 11.8 Å². The predicted molar refractivity (Wildman–Crippen MR) is 99.7 cm³/mol. The van der Waals surface area contributed by atoms with Crippen LogP contribution in [0.5, 0.6) is 5.75 Å². The van der Waals surface area contributed by atoms with Crippen LogP contribution in [-0.4, -0.2) is 25.3 Å². The van der Waals surface area contributed by atoms with E-state index in [-0.39, 0.29) is 5.91 Å². The summed E-state index contributed by atoms with van der Waals surface area (Å²) >= 11 is 0. The number of carbonyl (C=O) groups excluding carboxylic acids is 2. The first-order chi connectivity index (χ1) is 12.7. The molecule has 2 aromatic rings. The quantitative estimate of drug-likeness (QED) is 0.779. The Morgan fingerprint density at radius 1 is 1.04 bits per heavy atom. The van der Waals surface area contributed by atoms with Crippen molar-refractivity contribution >= 4 is 12.2 Å². The summed E-state index contributed by atoms with van der Waals surface area (Å²) in [5.41, 5.74) is 3.89. The average molecular weight is 349 g/mol. The van der Waals surface area contributed by atoms with Gasteiger partial charge >= 0.3 is 0 Å². The second-order valence-corrected chi connectivity index (χ2v) is 7.41. The summed E-state index contributed by atoms with van der Waals surface area (Å²) in [5.74, 6) is 1.88. The van der Waals surface area contributed by atoms with E-state index >= 15 is 0 Å². The second kappa shape index (κ2) is 7.32. The molecule has 2 aliphatic carbocycles. The molecule has 1 fully saturated rings. The molecule has 0 aromatic heterocycles. The van der Waals surface area contributed by atoms with Crippen LogP contribution in [0.3, 0.4) is 0 Å². The van der Waals surface area contributed by atoms with E-state index in [4.69, 9.17) is 4.74 Å². The van der Waals surface area contributed by atoms with E-state index in [1.165, 1.54) is 24.0 Å². The molecule has 0 heterocycles. The number of ether oxygens (including phenoxy) is 1. The summed E-state index contributed by atoms with van der Waals surface area (Å²) in [7, 11) is 0. The summed E-state index contributed by atoms with van der Waals surface area (Å²) in [6.07, 6.45) is 5.27. The lowest BCUT2D eigenvalue weighted by Crippen LogP contribution is -2.29. The third kappa shape index (κ3) is 3.96. The lowest BCUT2D eigenvalue weighted by molar-refractivity contribution is 0.0947. The van der Waals surface area contributed by atoms with Crippen LogP contribution >= 0.6 is 0 Å². The zero-order valence-electron chi connectivity index (χ0n) is 14.7. The third-order valence-corrected chi connectivity index (χ3v) is 5.23. The Morgan fingerprint density at radius 2 is 1.81 bits per heavy atom. The van der Waals surface area contributed by atoms with Gasteiger partial charge in [-0.25, -0.2) is 0 Å². The minimum absolute atomic E-state index is 0.0525. The molecule has 1 amide bonds. The minimum atomic E-state index is -0.0525. The molecule has 0 radical (unpaired) electrons. The van der Waals surface area contributed by atoms with Crippen LogP contribution in [0.4, 0.5) is 0 Å². The Bertz CT molecular complexity index is 809. The standard InChI is InChI=1S/C22H23NO3/c24-13-16-3-4-19-10-17(11-20(19)9-16)12-23-22(25)18-5-7-21(8-6-18)26-14-15-1-2-15/h3-9,13,15,17H,1-2,10-12,14H2,(H,23,25). The fraction of sp³-hybridized carbons (Fsp3) is 0.364. The van der Waals surface area contributed by atoms with E-state index in [1.54, 1.807) is 0 Å². The topological polar surface area (TPSA) is 55.4 Å². The van der Waals surface area contributed by atoms with Crippen LogP contribution in [0.2, 0.25) is 0 Å². The molecule has 0 saturated heterocycles. The molecule has 1 N–H and O–H groups in total. The van der Waals surface area contributed by atoms with E-state index < -0.39 is 0 Å². The summed E-state index contributed by atoms with van der Waals surface area (Å²) in [4.78, 5) is 23.3. The number of fused-ring (bicyclic) bond motifs is 1. The van der Waals surface area contributed by atoms with Gasteiger partial charge in [0.25, 0.3) is 5.91 Å². The molecule has 26 heavy (non-hydrogen) atoms. The fourth-order valence-corrected chi connectivity index (χ4v) is 3.49. The van der Waals surface area contributed by atoms with Crippen molar-refractivity contribution < 1.29 is 14.3 Å². The summed E-state index contributed by atoms with van der Waals surface area (Å²) < 4.78 is 5.70. The van der Waals surface area contributed by atoms with E-state index in [0.29, 0.717) is 18.0 Å². The molecule has 2 aromatic carbocycles. The number of amides is 1. The number of aldehydes is 1. The molecule has 0 bridgehead atoms. The van der Waals surface area contributed by atoms with E-state index in [9.17, 15) is 9.59 Å². The summed E-state index contributed by atoms with van der Waals surface area (Å²) in [5, 5.41) is 3.03. The van der Waals surface area contributed by atoms with Crippen LogP contribution in [0.25, 0.3) is 0 Å². The first-order valence-corrected chi connectivity index (χ1v) is 9.29. The third-order valence-electron chi connectivity index (χ3n) is 5.23. The number of hydrogen-bond donors (Lipinski definition) is 1. The molecule has 1 atom stereocenters. The molecular formula is C22H23NO3. The van der Waals surface area contributed by atoms with Gasteiger partial charge in [-0.05, 0) is 79.0 Å². The van der Waals surface area contributed by atoms with Gasteiger partial charge in [0.2, 0.25) is 0 Å². The van der Waals surface area contributed by atoms with Gasteiger partial charge in [0.15, 0.2) is 0 Å². The number of hydrogen-bond acceptors (Lipinski definition) is 3. The SMILES string of the molecule is O=Cc1ccc2c(c1)CC(CNC(=O)c1ccc(OCC3CC3)cc1)C2. The molecule has 1 saturated carbocycles. The van der Waals surface area contributed by atoms with Crippen molar-refractivity contribution in [1.82, 2.24) is 5.32 Å². The Morgan fingerprint density at radius 3 is 2.54 bits per heavy atom. The summed E-state index contributed by atoms with van der Waals surface area (Å²) in [6.45, 7) is 1.42. The maximum atomic E-state index is 12.4. The van der Waals surface area contributed by atoms with Crippen LogP contribution < -0.4 is 10.1 Å². The Hall–Kier alpha value is -2.62. The van der Waals surface area contributed by atoms with Crippen LogP contribution in [0.1, 0.15) is 44.7 Å². The van der Waals surface area contributed by atoms with Gasteiger partial charge in [0.05, 0.1) is 6.61 Å². The van der Waals surface area contributed by atoms with Gasteiger partial charge in [-0.3, -0.25) is 9.59 Å². The zero-order valence-corrected chi connectivity index (χ0v) is 14.7. The molecular weight excluding hydrogens is 326 g/mol. The van der Waals surface area contributed by atoms with Crippen LogP contribution in [-0.2, 0) is 12.8 Å². The predicted octanol–water partition coefficient (Wildman–Crippen LogP) is 3.43. The molecule has 4 heteroatoms. The largest absolute Gasteiger partial charge is 0.493 e. The van der Waals surface area contributed by atoms with Crippen LogP contribution in [0, 0.1) is 11.8 Å². The zero-order chi connectivity index (χ0) is 17.9. The molecule has 134 valence electrons. The minimum Gasteiger partial charge on any atom is -0.493 e. The number of benzene rings is 2. The van der Waals surface area contributed by atoms with Gasteiger partial charge in [-0.2, -0.15) is 0 Å². The van der Waals surface area contributed by atoms with Crippen molar-refractivity contribution in [2.45, 2.75) is 25.7 Å². The number of carbonyl (C=O) groups is 2. The highest BCUT2D eigenvalue weighted by Gasteiger charge is 2.23. The smallest absolute Gasteiger partial charge is 0.251 e. The van der Waals surface area contributed by atoms with Gasteiger partial charge in [0.1, 0.15) is 12.0 Å². The van der Waals surface area contributed by atoms with E-state index in [2.05, 4.69) is 5.32 Å². The van der Waals surface area contributed by atoms with Gasteiger partial charge in [0, 0.05) is 17.7 Å². The Labute approximate surface area is 153 Å². The molecule has 2 aliphatic rings. The van der Waals surface area contributed by atoms with E-state index in [0.717, 1.165) is 43.0 Å². The highest BCUT2D eigenvalue weighted by molar-refractivity contribution is 5.94. The van der Waals surface area contributed by atoms with Crippen molar-refractivity contribution in [3.63, 3.8) is 0 Å². The van der Waals surface area contributed by atoms with Crippen molar-refractivity contribution in [1.29, 1.82) is 0 Å². The maximum Gasteiger partial charge on any atom is 0.251 e. The van der Waals surface area contributed by atoms with Crippen molar-refractivity contribution in [3.8, 4) is 5.75 Å². The molecule has 4 rings (SSSR count). The molecule has 4 nitrogen and oxygen atoms in total. The number of nitrogens with one attached hydrogen (secondary N) is 1. The highest BCUT2D eigenvalue weighted by Crippen LogP contribution is 2.29. The lowest BCUT2D eigenvalue weighted by Gasteiger charge is -2.11. The molecule has 0 aliphatic heterocycles. The normalized spacial score (nSPS) is 18.2. The maximum absolute atomic E-state index is 12.4. The first kappa shape index (κ1) is 16.8. The Balaban J connectivity index is 1.28. The monoisotopic (exact) mass is 349 g/mol. The Kier molecular flexibility index (Phi) is 4.74. The summed E-state index contributed by atoms with van der Waals surface area (Å²) in [6, 6.07) is 13.2. The molecule has 1 unspecified atom stereocenters. The van der Waals surface area contributed by atoms with Crippen LogP contribution in [0.15, 0.2) is 42.5 Å². The fourth-order valence-electron chi connectivity index (χ4n) is 3.49.